The lowest BCUT2D eigenvalue weighted by Crippen LogP contribution is -2.10. The zero-order valence-corrected chi connectivity index (χ0v) is 9.11. The molecule has 3 aromatic rings. The van der Waals surface area contributed by atoms with Gasteiger partial charge in [-0.3, -0.25) is 9.78 Å². The molecule has 0 bridgehead atoms. The lowest BCUT2D eigenvalue weighted by Gasteiger charge is -1.98. The summed E-state index contributed by atoms with van der Waals surface area (Å²) in [5.41, 5.74) is 6.16. The largest absolute Gasteiger partial charge is 0.445 e. The molecule has 2 aromatic heterocycles. The van der Waals surface area contributed by atoms with Crippen molar-refractivity contribution in [3.8, 4) is 11.1 Å². The number of aromatic amines is 1. The van der Waals surface area contributed by atoms with Crippen LogP contribution >= 0.6 is 0 Å². The topological polar surface area (TPSA) is 84.9 Å². The van der Waals surface area contributed by atoms with Gasteiger partial charge in [-0.15, -0.1) is 0 Å². The third-order valence-electron chi connectivity index (χ3n) is 2.60. The van der Waals surface area contributed by atoms with Gasteiger partial charge in [-0.2, -0.15) is 4.98 Å². The van der Waals surface area contributed by atoms with E-state index in [0.29, 0.717) is 11.1 Å². The first-order valence-electron chi connectivity index (χ1n) is 5.18. The molecule has 0 fully saturated rings. The zero-order valence-electron chi connectivity index (χ0n) is 9.11. The van der Waals surface area contributed by atoms with E-state index in [0.717, 1.165) is 0 Å². The number of H-pyrrole nitrogens is 1. The Bertz CT molecular complexity index is 791. The second-order valence-corrected chi connectivity index (χ2v) is 3.79. The van der Waals surface area contributed by atoms with Gasteiger partial charge in [0.2, 0.25) is 11.7 Å². The van der Waals surface area contributed by atoms with E-state index in [-0.39, 0.29) is 22.9 Å². The molecule has 0 unspecified atom stereocenters. The number of furan rings is 1. The van der Waals surface area contributed by atoms with Crippen LogP contribution < -0.4 is 11.3 Å². The standard InChI is InChI=1S/C12H8FN3O2/c13-7-3-1-2-6(4-7)8-5-18-11-9(8)10(17)15-12(14)16-11/h1-5H,(H3,14,15,16,17). The number of hydrogen-bond acceptors (Lipinski definition) is 4. The zero-order chi connectivity index (χ0) is 12.7. The van der Waals surface area contributed by atoms with E-state index in [9.17, 15) is 9.18 Å². The first kappa shape index (κ1) is 10.5. The fourth-order valence-corrected chi connectivity index (χ4v) is 1.83. The second kappa shape index (κ2) is 3.69. The highest BCUT2D eigenvalue weighted by atomic mass is 19.1. The molecule has 3 N–H and O–H groups in total. The number of hydrogen-bond donors (Lipinski definition) is 2. The second-order valence-electron chi connectivity index (χ2n) is 3.79. The molecule has 0 saturated heterocycles. The van der Waals surface area contributed by atoms with Crippen molar-refractivity contribution in [1.29, 1.82) is 0 Å². The molecule has 1 aromatic carbocycles. The van der Waals surface area contributed by atoms with E-state index in [4.69, 9.17) is 10.2 Å². The highest BCUT2D eigenvalue weighted by Crippen LogP contribution is 2.27. The van der Waals surface area contributed by atoms with Crippen molar-refractivity contribution >= 4 is 17.0 Å². The van der Waals surface area contributed by atoms with Gasteiger partial charge >= 0.3 is 0 Å². The van der Waals surface area contributed by atoms with Gasteiger partial charge in [0.05, 0.1) is 0 Å². The third-order valence-corrected chi connectivity index (χ3v) is 2.60. The highest BCUT2D eigenvalue weighted by molar-refractivity contribution is 5.91. The minimum Gasteiger partial charge on any atom is -0.445 e. The van der Waals surface area contributed by atoms with Crippen LogP contribution in [-0.2, 0) is 0 Å². The van der Waals surface area contributed by atoms with Crippen LogP contribution in [0.15, 0.2) is 39.7 Å². The van der Waals surface area contributed by atoms with Crippen molar-refractivity contribution in [2.75, 3.05) is 5.73 Å². The number of fused-ring (bicyclic) bond motifs is 1. The molecule has 0 amide bonds. The maximum Gasteiger partial charge on any atom is 0.264 e. The van der Waals surface area contributed by atoms with Crippen molar-refractivity contribution in [1.82, 2.24) is 9.97 Å². The van der Waals surface area contributed by atoms with Crippen LogP contribution in [0.25, 0.3) is 22.2 Å². The molecule has 0 aliphatic rings. The van der Waals surface area contributed by atoms with Gasteiger partial charge in [0, 0.05) is 5.56 Å². The van der Waals surface area contributed by atoms with Crippen LogP contribution in [0, 0.1) is 5.82 Å². The molecule has 6 heteroatoms. The molecule has 0 spiro atoms. The normalized spacial score (nSPS) is 10.9. The number of nitrogen functional groups attached to an aromatic ring is 1. The van der Waals surface area contributed by atoms with Crippen LogP contribution in [0.1, 0.15) is 0 Å². The smallest absolute Gasteiger partial charge is 0.264 e. The van der Waals surface area contributed by atoms with E-state index in [1.165, 1.54) is 18.4 Å². The van der Waals surface area contributed by atoms with Gasteiger partial charge in [-0.05, 0) is 17.7 Å². The maximum absolute atomic E-state index is 13.2. The summed E-state index contributed by atoms with van der Waals surface area (Å²) in [6.45, 7) is 0. The summed E-state index contributed by atoms with van der Waals surface area (Å²) in [6.07, 6.45) is 1.36. The van der Waals surface area contributed by atoms with E-state index in [1.807, 2.05) is 0 Å². The Kier molecular flexibility index (Phi) is 2.16. The molecule has 90 valence electrons. The number of rotatable bonds is 1. The van der Waals surface area contributed by atoms with Gasteiger partial charge in [-0.25, -0.2) is 4.39 Å². The number of nitrogens with two attached hydrogens (primary N) is 1. The first-order valence-corrected chi connectivity index (χ1v) is 5.18. The average Bonchev–Trinajstić information content (AvgIpc) is 2.72. The van der Waals surface area contributed by atoms with Crippen molar-refractivity contribution in [2.45, 2.75) is 0 Å². The predicted molar refractivity (Wildman–Crippen MR) is 64.4 cm³/mol. The average molecular weight is 245 g/mol. The minimum atomic E-state index is -0.412. The molecule has 3 rings (SSSR count). The third kappa shape index (κ3) is 1.55. The van der Waals surface area contributed by atoms with Gasteiger partial charge in [-0.1, -0.05) is 12.1 Å². The van der Waals surface area contributed by atoms with Crippen molar-refractivity contribution in [3.63, 3.8) is 0 Å². The Hall–Kier alpha value is -2.63. The maximum atomic E-state index is 13.2. The number of halogens is 1. The Morgan fingerprint density at radius 3 is 3.00 bits per heavy atom. The summed E-state index contributed by atoms with van der Waals surface area (Å²) in [5, 5.41) is 0.259. The summed E-state index contributed by atoms with van der Waals surface area (Å²) in [5.74, 6) is -0.408. The van der Waals surface area contributed by atoms with Crippen LogP contribution in [0.2, 0.25) is 0 Å². The molecule has 0 atom stereocenters. The van der Waals surface area contributed by atoms with E-state index in [2.05, 4.69) is 9.97 Å². The minimum absolute atomic E-state index is 0.0207. The van der Waals surface area contributed by atoms with Crippen LogP contribution in [0.3, 0.4) is 0 Å². The van der Waals surface area contributed by atoms with Gasteiger partial charge in [0.15, 0.2) is 0 Å². The number of anilines is 1. The van der Waals surface area contributed by atoms with E-state index in [1.54, 1.807) is 12.1 Å². The number of benzene rings is 1. The van der Waals surface area contributed by atoms with Crippen molar-refractivity contribution in [3.05, 3.63) is 46.7 Å². The first-order chi connectivity index (χ1) is 8.65. The van der Waals surface area contributed by atoms with Crippen LogP contribution in [0.5, 0.6) is 0 Å². The Balaban J connectivity index is 2.34. The Labute approximate surface area is 100 Å². The van der Waals surface area contributed by atoms with Crippen molar-refractivity contribution < 1.29 is 8.81 Å². The number of aromatic nitrogens is 2. The monoisotopic (exact) mass is 245 g/mol. The lowest BCUT2D eigenvalue weighted by atomic mass is 10.1. The molecule has 0 aliphatic carbocycles. The summed E-state index contributed by atoms with van der Waals surface area (Å²) in [7, 11) is 0. The summed E-state index contributed by atoms with van der Waals surface area (Å²) in [4.78, 5) is 18.1. The summed E-state index contributed by atoms with van der Waals surface area (Å²) >= 11 is 0. The molecule has 0 aliphatic heterocycles. The quantitative estimate of drug-likeness (QED) is 0.685. The molecular formula is C12H8FN3O2. The number of nitrogens with zero attached hydrogens (tertiary/aromatic N) is 1. The van der Waals surface area contributed by atoms with E-state index >= 15 is 0 Å². The SMILES string of the molecule is Nc1nc2occ(-c3cccc(F)c3)c2c(=O)[nH]1. The Morgan fingerprint density at radius 2 is 2.22 bits per heavy atom. The number of nitrogens with one attached hydrogen (secondary N) is 1. The summed E-state index contributed by atoms with van der Waals surface area (Å²) in [6, 6.07) is 5.89. The van der Waals surface area contributed by atoms with Crippen LogP contribution in [-0.4, -0.2) is 9.97 Å². The predicted octanol–water partition coefficient (Wildman–Crippen LogP) is 1.90. The summed E-state index contributed by atoms with van der Waals surface area (Å²) < 4.78 is 18.3. The van der Waals surface area contributed by atoms with Gasteiger partial charge in [0.25, 0.3) is 5.56 Å². The highest BCUT2D eigenvalue weighted by Gasteiger charge is 2.14. The van der Waals surface area contributed by atoms with Gasteiger partial charge < -0.3 is 10.2 Å². The fraction of sp³-hybridized carbons (Fsp3) is 0. The van der Waals surface area contributed by atoms with Gasteiger partial charge in [0.1, 0.15) is 17.5 Å². The fourth-order valence-electron chi connectivity index (χ4n) is 1.83. The van der Waals surface area contributed by atoms with Crippen molar-refractivity contribution in [2.24, 2.45) is 0 Å². The molecule has 18 heavy (non-hydrogen) atoms. The van der Waals surface area contributed by atoms with E-state index < -0.39 is 5.56 Å². The van der Waals surface area contributed by atoms with Crippen LogP contribution in [0.4, 0.5) is 10.3 Å². The lowest BCUT2D eigenvalue weighted by molar-refractivity contribution is 0.603. The molecule has 0 radical (unpaired) electrons. The molecule has 2 heterocycles. The Morgan fingerprint density at radius 1 is 1.39 bits per heavy atom. The molecule has 5 nitrogen and oxygen atoms in total. The molecule has 0 saturated carbocycles. The molecular weight excluding hydrogens is 237 g/mol.